The summed E-state index contributed by atoms with van der Waals surface area (Å²) in [5.41, 5.74) is 4.55. The summed E-state index contributed by atoms with van der Waals surface area (Å²) in [4.78, 5) is 23.6. The summed E-state index contributed by atoms with van der Waals surface area (Å²) in [6, 6.07) is 1.30. The number of nitrogens with two attached hydrogens (primary N) is 1. The third-order valence-electron chi connectivity index (χ3n) is 3.37. The first-order valence-electron chi connectivity index (χ1n) is 7.81. The Hall–Kier alpha value is -1.48. The zero-order valence-electron chi connectivity index (χ0n) is 14.7. The fraction of sp³-hybridized carbons (Fsp3) is 0.667. The molecule has 6 atom stereocenters. The van der Waals surface area contributed by atoms with Crippen LogP contribution in [0.1, 0.15) is 6.23 Å². The Labute approximate surface area is 164 Å². The van der Waals surface area contributed by atoms with Crippen molar-refractivity contribution in [1.29, 1.82) is 0 Å². The van der Waals surface area contributed by atoms with E-state index in [4.69, 9.17) is 30.7 Å². The van der Waals surface area contributed by atoms with Gasteiger partial charge in [0, 0.05) is 15.3 Å². The Morgan fingerprint density at radius 2 is 1.90 bits per heavy atom. The van der Waals surface area contributed by atoms with Crippen molar-refractivity contribution in [2.24, 2.45) is 0 Å². The number of anilines is 1. The molecule has 15 nitrogen and oxygen atoms in total. The standard InChI is InChI=1S/C9H11N3O9P2.C3H8O3/c10-5-1-2-12(9(15)11-5)8-7(14)6(13)4(20-8)3-19-23(18)21-22(16)17;4-1-3(6)2-5/h1-2,4,6-8,13-14H,3H2,(H-2,10,11,15,16,17);3-6H,1-2H2/p+2/t4-,6-,7-,8-;/m1./s1. The van der Waals surface area contributed by atoms with Gasteiger partial charge in [-0.15, -0.1) is 9.42 Å². The molecule has 0 aliphatic carbocycles. The zero-order valence-corrected chi connectivity index (χ0v) is 16.5. The number of hydrogen-bond donors (Lipinski definition) is 7. The monoisotopic (exact) mass is 461 g/mol. The van der Waals surface area contributed by atoms with Gasteiger partial charge in [0.05, 0.1) is 13.2 Å². The van der Waals surface area contributed by atoms with Crippen LogP contribution in [0.15, 0.2) is 17.1 Å². The number of ether oxygens (including phenoxy) is 1. The molecule has 1 aliphatic rings. The quantitative estimate of drug-likeness (QED) is 0.192. The van der Waals surface area contributed by atoms with Crippen molar-refractivity contribution in [3.05, 3.63) is 22.7 Å². The lowest BCUT2D eigenvalue weighted by Crippen LogP contribution is -2.36. The summed E-state index contributed by atoms with van der Waals surface area (Å²) in [5, 5.41) is 43.8. The molecule has 29 heavy (non-hydrogen) atoms. The number of aliphatic hydroxyl groups is 5. The maximum Gasteiger partial charge on any atom is 0.747 e. The first kappa shape index (κ1) is 25.6. The van der Waals surface area contributed by atoms with Crippen LogP contribution in [-0.4, -0.2) is 84.2 Å². The van der Waals surface area contributed by atoms with Gasteiger partial charge >= 0.3 is 22.2 Å². The minimum Gasteiger partial charge on any atom is -0.394 e. The normalized spacial score (nSPS) is 24.8. The lowest BCUT2D eigenvalue weighted by atomic mass is 10.1. The van der Waals surface area contributed by atoms with E-state index in [0.717, 1.165) is 4.57 Å². The van der Waals surface area contributed by atoms with Gasteiger partial charge in [0.1, 0.15) is 36.8 Å². The summed E-state index contributed by atoms with van der Waals surface area (Å²) in [7, 11) is -6.02. The molecule has 2 heterocycles. The third-order valence-corrected chi connectivity index (χ3v) is 4.82. The minimum absolute atomic E-state index is 0.0218. The lowest BCUT2D eigenvalue weighted by molar-refractivity contribution is -0.0515. The molecule has 1 aromatic rings. The third kappa shape index (κ3) is 8.04. The van der Waals surface area contributed by atoms with E-state index < -0.39 is 59.5 Å². The highest BCUT2D eigenvalue weighted by molar-refractivity contribution is 7.47. The number of aromatic nitrogens is 2. The summed E-state index contributed by atoms with van der Waals surface area (Å²) >= 11 is 0. The molecule has 164 valence electrons. The molecule has 1 aliphatic heterocycles. The van der Waals surface area contributed by atoms with E-state index in [1.165, 1.54) is 12.3 Å². The van der Waals surface area contributed by atoms with E-state index in [-0.39, 0.29) is 19.0 Å². The Bertz CT molecular complexity index is 745. The highest BCUT2D eigenvalue weighted by atomic mass is 31.2. The largest absolute Gasteiger partial charge is 0.747 e. The predicted octanol–water partition coefficient (Wildman–Crippen LogP) is -2.88. The molecule has 0 radical (unpaired) electrons. The molecular weight excluding hydrogens is 440 g/mol. The van der Waals surface area contributed by atoms with E-state index in [1.54, 1.807) is 0 Å². The Balaban J connectivity index is 0.000000612. The van der Waals surface area contributed by atoms with Crippen LogP contribution in [0.5, 0.6) is 0 Å². The topological polar surface area (TPSA) is 244 Å². The van der Waals surface area contributed by atoms with Crippen LogP contribution in [-0.2, 0) is 22.7 Å². The van der Waals surface area contributed by atoms with Gasteiger partial charge in [0.15, 0.2) is 10.5 Å². The van der Waals surface area contributed by atoms with Gasteiger partial charge < -0.3 is 36.0 Å². The molecule has 1 saturated heterocycles. The van der Waals surface area contributed by atoms with Crippen molar-refractivity contribution < 1.29 is 53.1 Å². The van der Waals surface area contributed by atoms with Crippen LogP contribution < -0.4 is 11.4 Å². The molecule has 2 rings (SSSR count). The van der Waals surface area contributed by atoms with Gasteiger partial charge in [0.2, 0.25) is 0 Å². The van der Waals surface area contributed by atoms with Gasteiger partial charge in [-0.05, 0) is 6.07 Å². The fourth-order valence-electron chi connectivity index (χ4n) is 1.99. The minimum atomic E-state index is -3.11. The Morgan fingerprint density at radius 3 is 2.38 bits per heavy atom. The first-order valence-corrected chi connectivity index (χ1v) is 10.0. The number of rotatable bonds is 8. The average molecular weight is 461 g/mol. The van der Waals surface area contributed by atoms with Crippen molar-refractivity contribution in [2.45, 2.75) is 30.6 Å². The van der Waals surface area contributed by atoms with E-state index in [1.807, 2.05) is 0 Å². The second-order valence-corrected chi connectivity index (χ2v) is 7.28. The van der Waals surface area contributed by atoms with Crippen molar-refractivity contribution in [1.82, 2.24) is 9.55 Å². The molecule has 17 heteroatoms. The summed E-state index contributed by atoms with van der Waals surface area (Å²) in [6.07, 6.45) is -5.08. The van der Waals surface area contributed by atoms with E-state index >= 15 is 0 Å². The summed E-state index contributed by atoms with van der Waals surface area (Å²) in [6.45, 7) is -1.24. The highest BCUT2D eigenvalue weighted by Crippen LogP contribution is 2.37. The maximum atomic E-state index is 11.7. The highest BCUT2D eigenvalue weighted by Gasteiger charge is 2.47. The molecule has 2 unspecified atom stereocenters. The van der Waals surface area contributed by atoms with E-state index in [9.17, 15) is 24.1 Å². The van der Waals surface area contributed by atoms with Crippen molar-refractivity contribution in [3.63, 3.8) is 0 Å². The molecular formula is C12H21N3O12P2+2. The smallest absolute Gasteiger partial charge is 0.394 e. The van der Waals surface area contributed by atoms with Gasteiger partial charge in [0.25, 0.3) is 0 Å². The van der Waals surface area contributed by atoms with Gasteiger partial charge in [-0.2, -0.15) is 4.98 Å². The first-order chi connectivity index (χ1) is 13.6. The fourth-order valence-corrected chi connectivity index (χ4v) is 2.90. The van der Waals surface area contributed by atoms with Crippen molar-refractivity contribution in [3.8, 4) is 0 Å². The maximum absolute atomic E-state index is 11.7. The summed E-state index contributed by atoms with van der Waals surface area (Å²) < 4.78 is 36.2. The molecule has 8 N–H and O–H groups in total. The number of hydrogen-bond acceptors (Lipinski definition) is 13. The molecule has 0 bridgehead atoms. The Kier molecular flexibility index (Phi) is 10.8. The van der Waals surface area contributed by atoms with Gasteiger partial charge in [-0.25, -0.2) is 4.79 Å². The van der Waals surface area contributed by atoms with Crippen LogP contribution >= 0.6 is 16.5 Å². The van der Waals surface area contributed by atoms with Crippen LogP contribution in [0.4, 0.5) is 5.82 Å². The Morgan fingerprint density at radius 1 is 1.28 bits per heavy atom. The van der Waals surface area contributed by atoms with Crippen LogP contribution in [0.2, 0.25) is 0 Å². The number of nitrogens with zero attached hydrogens (tertiary/aromatic N) is 2. The van der Waals surface area contributed by atoms with Crippen LogP contribution in [0.25, 0.3) is 0 Å². The van der Waals surface area contributed by atoms with E-state index in [2.05, 4.69) is 13.8 Å². The average Bonchev–Trinajstić information content (AvgIpc) is 2.94. The SMILES string of the molecule is Nc1ccn([C@@H]2O[C@H](CO[P+](=O)O[P+](=O)O)[C@@H](O)[C@H]2O)c(=O)n1.OCC(O)CO. The van der Waals surface area contributed by atoms with E-state index in [0.29, 0.717) is 0 Å². The van der Waals surface area contributed by atoms with Gasteiger partial charge in [-0.1, -0.05) is 0 Å². The second kappa shape index (κ2) is 12.3. The molecule has 0 spiro atoms. The lowest BCUT2D eigenvalue weighted by Gasteiger charge is -2.16. The van der Waals surface area contributed by atoms with Crippen LogP contribution in [0, 0.1) is 0 Å². The number of nitrogen functional groups attached to an aromatic ring is 1. The molecule has 1 fully saturated rings. The van der Waals surface area contributed by atoms with Gasteiger partial charge in [-0.3, -0.25) is 4.57 Å². The van der Waals surface area contributed by atoms with Crippen molar-refractivity contribution >= 4 is 22.3 Å². The number of aliphatic hydroxyl groups excluding tert-OH is 5. The molecule has 0 saturated carbocycles. The van der Waals surface area contributed by atoms with Crippen molar-refractivity contribution in [2.75, 3.05) is 25.6 Å². The molecule has 0 amide bonds. The molecule has 0 aromatic carbocycles. The second-order valence-electron chi connectivity index (χ2n) is 5.45. The summed E-state index contributed by atoms with van der Waals surface area (Å²) in [5.74, 6) is -0.0218. The zero-order chi connectivity index (χ0) is 22.1. The van der Waals surface area contributed by atoms with Crippen LogP contribution in [0.3, 0.4) is 0 Å². The molecule has 1 aromatic heterocycles. The predicted molar refractivity (Wildman–Crippen MR) is 93.5 cm³/mol.